The third-order valence-electron chi connectivity index (χ3n) is 6.33. The summed E-state index contributed by atoms with van der Waals surface area (Å²) in [5.41, 5.74) is -1.07. The normalized spacial score (nSPS) is 12.1. The summed E-state index contributed by atoms with van der Waals surface area (Å²) in [5, 5.41) is 6.37. The minimum Gasteiger partial charge on any atom is -0.322 e. The molecule has 1 amide bonds. The summed E-state index contributed by atoms with van der Waals surface area (Å²) in [7, 11) is -3.94. The predicted molar refractivity (Wildman–Crippen MR) is 146 cm³/mol. The topological polar surface area (TPSA) is 118 Å². The van der Waals surface area contributed by atoms with Crippen molar-refractivity contribution in [3.05, 3.63) is 108 Å². The summed E-state index contributed by atoms with van der Waals surface area (Å²) in [6, 6.07) is 13.7. The van der Waals surface area contributed by atoms with Gasteiger partial charge in [-0.25, -0.2) is 31.4 Å². The number of alkyl halides is 5. The van der Waals surface area contributed by atoms with Gasteiger partial charge in [0.25, 0.3) is 12.3 Å². The van der Waals surface area contributed by atoms with Crippen LogP contribution < -0.4 is 10.0 Å². The van der Waals surface area contributed by atoms with Gasteiger partial charge in [0, 0.05) is 30.2 Å². The third-order valence-corrected chi connectivity index (χ3v) is 7.79. The number of anilines is 1. The first-order valence-corrected chi connectivity index (χ1v) is 14.0. The largest absolute Gasteiger partial charge is 0.416 e. The van der Waals surface area contributed by atoms with E-state index in [1.54, 1.807) is 24.5 Å². The van der Waals surface area contributed by atoms with Gasteiger partial charge in [-0.2, -0.15) is 18.3 Å². The Bertz CT molecular complexity index is 1880. The van der Waals surface area contributed by atoms with Crippen LogP contribution in [0.4, 0.5) is 27.6 Å². The summed E-state index contributed by atoms with van der Waals surface area (Å²) in [6.45, 7) is 0.116. The van der Waals surface area contributed by atoms with Crippen LogP contribution >= 0.6 is 0 Å². The van der Waals surface area contributed by atoms with E-state index in [9.17, 15) is 35.2 Å². The smallest absolute Gasteiger partial charge is 0.322 e. The van der Waals surface area contributed by atoms with E-state index in [1.807, 2.05) is 0 Å². The lowest BCUT2D eigenvalue weighted by Crippen LogP contribution is -2.26. The minimum absolute atomic E-state index is 0.0920. The van der Waals surface area contributed by atoms with Gasteiger partial charge >= 0.3 is 6.18 Å². The molecule has 0 aliphatic carbocycles. The molecule has 0 aliphatic rings. The van der Waals surface area contributed by atoms with Crippen LogP contribution in [0.1, 0.15) is 33.6 Å². The molecule has 0 saturated carbocycles. The first-order valence-electron chi connectivity index (χ1n) is 12.6. The molecule has 0 bridgehead atoms. The maximum absolute atomic E-state index is 13.9. The molecule has 2 aromatic carbocycles. The number of carbonyl (C=O) groups is 1. The number of sulfonamides is 1. The number of aromatic nitrogens is 4. The van der Waals surface area contributed by atoms with Gasteiger partial charge in [-0.1, -0.05) is 18.2 Å². The molecule has 2 N–H and O–H groups in total. The second-order valence-corrected chi connectivity index (χ2v) is 11.0. The van der Waals surface area contributed by atoms with Crippen molar-refractivity contribution in [3.63, 3.8) is 0 Å². The molecule has 5 rings (SSSR count). The van der Waals surface area contributed by atoms with Crippen molar-refractivity contribution in [2.24, 2.45) is 0 Å². The summed E-state index contributed by atoms with van der Waals surface area (Å²) < 4.78 is 95.6. The van der Waals surface area contributed by atoms with Crippen molar-refractivity contribution < 1.29 is 35.2 Å². The van der Waals surface area contributed by atoms with E-state index in [-0.39, 0.29) is 39.6 Å². The molecule has 0 unspecified atom stereocenters. The zero-order valence-corrected chi connectivity index (χ0v) is 22.7. The van der Waals surface area contributed by atoms with Crippen LogP contribution in [0.25, 0.3) is 16.9 Å². The van der Waals surface area contributed by atoms with Gasteiger partial charge in [0.05, 0.1) is 22.3 Å². The molecule has 5 aromatic rings. The average molecular weight is 617 g/mol. The molecule has 0 radical (unpaired) electrons. The van der Waals surface area contributed by atoms with E-state index in [0.717, 1.165) is 46.6 Å². The summed E-state index contributed by atoms with van der Waals surface area (Å²) in [6.07, 6.45) is -3.01. The number of benzene rings is 2. The molecule has 0 spiro atoms. The first-order chi connectivity index (χ1) is 20.4. The van der Waals surface area contributed by atoms with Gasteiger partial charge in [-0.05, 0) is 60.5 Å². The number of rotatable bonds is 9. The van der Waals surface area contributed by atoms with Gasteiger partial charge in [0.1, 0.15) is 11.3 Å². The van der Waals surface area contributed by atoms with Crippen molar-refractivity contribution >= 4 is 27.3 Å². The Labute approximate surface area is 241 Å². The van der Waals surface area contributed by atoms with Crippen LogP contribution in [0, 0.1) is 0 Å². The Hall–Kier alpha value is -4.76. The van der Waals surface area contributed by atoms with Crippen LogP contribution in [-0.4, -0.2) is 40.5 Å². The average Bonchev–Trinajstić information content (AvgIpc) is 3.41. The number of carbonyl (C=O) groups excluding carboxylic acids is 1. The number of fused-ring (bicyclic) bond motifs is 1. The predicted octanol–water partition coefficient (Wildman–Crippen LogP) is 5.52. The van der Waals surface area contributed by atoms with Crippen LogP contribution in [0.15, 0.2) is 90.2 Å². The van der Waals surface area contributed by atoms with Crippen LogP contribution in [0.5, 0.6) is 0 Å². The van der Waals surface area contributed by atoms with Crippen molar-refractivity contribution in [2.75, 3.05) is 11.9 Å². The minimum atomic E-state index is -4.59. The molecule has 3 heterocycles. The van der Waals surface area contributed by atoms with Gasteiger partial charge in [-0.3, -0.25) is 9.78 Å². The SMILES string of the molecule is O=C(Nc1cccc(S(=O)(=O)NCCc2ccncc2)c1)c1cnn2c(C(F)F)cc(-c3ccc(C(F)(F)F)cc3)nc12. The lowest BCUT2D eigenvalue weighted by atomic mass is 10.1. The Balaban J connectivity index is 1.39. The van der Waals surface area contributed by atoms with E-state index in [4.69, 9.17) is 0 Å². The molecule has 0 fully saturated rings. The van der Waals surface area contributed by atoms with Gasteiger partial charge < -0.3 is 5.32 Å². The highest BCUT2D eigenvalue weighted by Crippen LogP contribution is 2.32. The number of nitrogens with zero attached hydrogens (tertiary/aromatic N) is 4. The summed E-state index contributed by atoms with van der Waals surface area (Å²) in [4.78, 5) is 21.2. The van der Waals surface area contributed by atoms with Crippen molar-refractivity contribution in [2.45, 2.75) is 23.9 Å². The molecular formula is C28H21F5N6O3S. The molecule has 3 aromatic heterocycles. The molecule has 0 saturated heterocycles. The standard InChI is InChI=1S/C28H21F5N6O3S/c29-25(30)24-15-23(18-4-6-19(7-5-18)28(31,32)33)38-26-22(16-35-39(24)26)27(40)37-20-2-1-3-21(14-20)43(41,42)36-13-10-17-8-11-34-12-9-17/h1-9,11-12,14-16,25,36H,10,13H2,(H,37,40). The Morgan fingerprint density at radius 1 is 0.977 bits per heavy atom. The molecule has 15 heteroatoms. The maximum Gasteiger partial charge on any atom is 0.416 e. The summed E-state index contributed by atoms with van der Waals surface area (Å²) in [5.74, 6) is -0.826. The van der Waals surface area contributed by atoms with Crippen LogP contribution in [0.2, 0.25) is 0 Å². The molecule has 0 atom stereocenters. The second-order valence-electron chi connectivity index (χ2n) is 9.22. The second kappa shape index (κ2) is 11.9. The van der Waals surface area contributed by atoms with Gasteiger partial charge in [-0.15, -0.1) is 0 Å². The van der Waals surface area contributed by atoms with Crippen molar-refractivity contribution in [3.8, 4) is 11.3 Å². The maximum atomic E-state index is 13.9. The van der Waals surface area contributed by atoms with E-state index in [2.05, 4.69) is 25.1 Å². The Kier molecular flexibility index (Phi) is 8.19. The fraction of sp³-hybridized carbons (Fsp3) is 0.143. The highest BCUT2D eigenvalue weighted by atomic mass is 32.2. The number of pyridine rings is 1. The molecule has 0 aliphatic heterocycles. The van der Waals surface area contributed by atoms with Gasteiger partial charge in [0.15, 0.2) is 5.65 Å². The van der Waals surface area contributed by atoms with Crippen molar-refractivity contribution in [1.29, 1.82) is 0 Å². The van der Waals surface area contributed by atoms with E-state index < -0.39 is 39.8 Å². The molecular weight excluding hydrogens is 595 g/mol. The van der Waals surface area contributed by atoms with E-state index in [0.29, 0.717) is 6.42 Å². The zero-order valence-electron chi connectivity index (χ0n) is 21.9. The highest BCUT2D eigenvalue weighted by Gasteiger charge is 2.30. The number of halogens is 5. The third kappa shape index (κ3) is 6.67. The lowest BCUT2D eigenvalue weighted by molar-refractivity contribution is -0.137. The van der Waals surface area contributed by atoms with Crippen LogP contribution in [-0.2, 0) is 22.6 Å². The summed E-state index contributed by atoms with van der Waals surface area (Å²) >= 11 is 0. The fourth-order valence-corrected chi connectivity index (χ4v) is 5.26. The number of hydrogen-bond acceptors (Lipinski definition) is 6. The molecule has 222 valence electrons. The van der Waals surface area contributed by atoms with E-state index >= 15 is 0 Å². The Morgan fingerprint density at radius 3 is 2.37 bits per heavy atom. The monoisotopic (exact) mass is 616 g/mol. The van der Waals surface area contributed by atoms with Crippen molar-refractivity contribution in [1.82, 2.24) is 24.3 Å². The van der Waals surface area contributed by atoms with E-state index in [1.165, 1.54) is 24.3 Å². The first kappa shape index (κ1) is 29.7. The molecule has 43 heavy (non-hydrogen) atoms. The Morgan fingerprint density at radius 2 is 1.70 bits per heavy atom. The fourth-order valence-electron chi connectivity index (χ4n) is 4.18. The number of amides is 1. The lowest BCUT2D eigenvalue weighted by Gasteiger charge is -2.11. The van der Waals surface area contributed by atoms with Crippen LogP contribution in [0.3, 0.4) is 0 Å². The number of nitrogens with one attached hydrogen (secondary N) is 2. The highest BCUT2D eigenvalue weighted by molar-refractivity contribution is 7.89. The number of hydrogen-bond donors (Lipinski definition) is 2. The van der Waals surface area contributed by atoms with Gasteiger partial charge in [0.2, 0.25) is 10.0 Å². The quantitative estimate of drug-likeness (QED) is 0.211. The molecule has 9 nitrogen and oxygen atoms in total. The zero-order chi connectivity index (χ0) is 30.8.